The van der Waals surface area contributed by atoms with Crippen LogP contribution in [0, 0.1) is 0 Å². The molecule has 2 aliphatic heterocycles. The summed E-state index contributed by atoms with van der Waals surface area (Å²) in [5.74, 6) is 0.555. The van der Waals surface area contributed by atoms with Crippen LogP contribution >= 0.6 is 0 Å². The van der Waals surface area contributed by atoms with Crippen molar-refractivity contribution in [3.05, 3.63) is 11.8 Å². The fraction of sp³-hybridized carbons (Fsp3) is 0.935. The Morgan fingerprint density at radius 3 is 1.98 bits per heavy atom. The summed E-state index contributed by atoms with van der Waals surface area (Å²) >= 11 is 0. The molecule has 0 bridgehead atoms. The van der Waals surface area contributed by atoms with Gasteiger partial charge in [-0.15, -0.1) is 0 Å². The Morgan fingerprint density at radius 1 is 0.917 bits per heavy atom. The van der Waals surface area contributed by atoms with Crippen LogP contribution in [-0.2, 0) is 33.5 Å². The first-order chi connectivity index (χ1) is 22.6. The average Bonchev–Trinajstić information content (AvgIpc) is 3.01. The van der Waals surface area contributed by atoms with Crippen LogP contribution in [-0.4, -0.2) is 122 Å². The van der Waals surface area contributed by atoms with E-state index in [-0.39, 0.29) is 19.8 Å². The van der Waals surface area contributed by atoms with Gasteiger partial charge in [-0.3, -0.25) is 4.55 Å². The minimum Gasteiger partial charge on any atom is -0.467 e. The molecule has 16 nitrogen and oxygen atoms in total. The molecular formula is C31H63N5O11S. The van der Waals surface area contributed by atoms with E-state index in [4.69, 9.17) is 46.4 Å². The van der Waals surface area contributed by atoms with E-state index in [2.05, 4.69) is 16.4 Å². The standard InChI is InChI=1S/C19H37N5O7.C12H26O4S/c1-19(27)7-28-18(13(26)16(19)24-2)31-15-11(23)5-10(22)14(12(15)25)30-17-9(21)4-3-8(6-20)29-17;1-2-3-4-5-6-7-8-9-10-11-12-16-17(13,14)15/h3,9-18,24-27H,4-7,20-23H2,1-2H3;2-12H2,1H3,(H,13,14,15)/t9?,10-,11+,12-,13+,14+,15-,16+,17?,18+,19-;/m0./s1. The molecule has 0 aromatic heterocycles. The third-order valence-corrected chi connectivity index (χ3v) is 9.42. The molecule has 1 saturated carbocycles. The van der Waals surface area contributed by atoms with Crippen LogP contribution in [0.3, 0.4) is 0 Å². The van der Waals surface area contributed by atoms with E-state index in [0.29, 0.717) is 25.0 Å². The number of unbranched alkanes of at least 4 members (excludes halogenated alkanes) is 9. The van der Waals surface area contributed by atoms with Gasteiger partial charge >= 0.3 is 10.4 Å². The molecule has 2 fully saturated rings. The molecular weight excluding hydrogens is 650 g/mol. The molecule has 1 aliphatic carbocycles. The highest BCUT2D eigenvalue weighted by atomic mass is 32.3. The van der Waals surface area contributed by atoms with Crippen LogP contribution in [0.4, 0.5) is 0 Å². The number of rotatable bonds is 18. The SMILES string of the molecule is CCCCCCCCCCCCOS(=O)(=O)O.CN[C@@H]1[C@@H](O)[C@@H](O[C@@H]2[C@@H](O)[C@H](OC3OC(CN)=CCC3N)[C@@H](N)C[C@H]2N)OC[C@]1(C)O. The van der Waals surface area contributed by atoms with E-state index >= 15 is 0 Å². The van der Waals surface area contributed by atoms with Crippen molar-refractivity contribution in [1.29, 1.82) is 0 Å². The normalized spacial score (nSPS) is 35.7. The largest absolute Gasteiger partial charge is 0.467 e. The number of hydrogen-bond donors (Lipinski definition) is 9. The maximum Gasteiger partial charge on any atom is 0.397 e. The van der Waals surface area contributed by atoms with Crippen molar-refractivity contribution in [1.82, 2.24) is 5.32 Å². The van der Waals surface area contributed by atoms with E-state index in [1.54, 1.807) is 20.0 Å². The monoisotopic (exact) mass is 713 g/mol. The molecule has 2 unspecified atom stereocenters. The predicted octanol–water partition coefficient (Wildman–Crippen LogP) is -0.125. The quantitative estimate of drug-likeness (QED) is 0.0661. The second-order valence-corrected chi connectivity index (χ2v) is 14.3. The summed E-state index contributed by atoms with van der Waals surface area (Å²) in [6.45, 7) is 3.99. The highest BCUT2D eigenvalue weighted by Crippen LogP contribution is 2.31. The van der Waals surface area contributed by atoms with Crippen molar-refractivity contribution in [2.75, 3.05) is 26.8 Å². The Morgan fingerprint density at radius 2 is 1.46 bits per heavy atom. The highest BCUT2D eigenvalue weighted by Gasteiger charge is 2.50. The number of hydrogen-bond acceptors (Lipinski definition) is 15. The van der Waals surface area contributed by atoms with Crippen LogP contribution in [0.25, 0.3) is 0 Å². The summed E-state index contributed by atoms with van der Waals surface area (Å²) in [6, 6.07) is -2.37. The van der Waals surface area contributed by atoms with Crippen LogP contribution in [0.2, 0.25) is 0 Å². The first kappa shape index (κ1) is 43.1. The summed E-state index contributed by atoms with van der Waals surface area (Å²) in [5, 5.41) is 34.9. The topological polar surface area (TPSA) is 277 Å². The zero-order valence-corrected chi connectivity index (χ0v) is 29.6. The number of ether oxygens (including phenoxy) is 4. The van der Waals surface area contributed by atoms with Gasteiger partial charge < -0.3 is 62.5 Å². The molecule has 0 spiro atoms. The number of likely N-dealkylation sites (N-methyl/N-ethyl adjacent to an activating group) is 1. The lowest BCUT2D eigenvalue weighted by atomic mass is 9.84. The van der Waals surface area contributed by atoms with E-state index in [1.165, 1.54) is 44.9 Å². The van der Waals surface area contributed by atoms with Crippen molar-refractivity contribution in [2.45, 2.75) is 158 Å². The van der Waals surface area contributed by atoms with Crippen LogP contribution < -0.4 is 28.3 Å². The van der Waals surface area contributed by atoms with Gasteiger partial charge in [-0.1, -0.05) is 64.7 Å². The van der Waals surface area contributed by atoms with Gasteiger partial charge in [-0.2, -0.15) is 8.42 Å². The minimum absolute atomic E-state index is 0.0727. The molecule has 0 amide bonds. The Hall–Kier alpha value is -1.03. The van der Waals surface area contributed by atoms with Crippen LogP contribution in [0.5, 0.6) is 0 Å². The second-order valence-electron chi connectivity index (χ2n) is 13.2. The maximum absolute atomic E-state index is 11.0. The number of nitrogens with two attached hydrogens (primary N) is 4. The van der Waals surface area contributed by atoms with Gasteiger partial charge in [0.25, 0.3) is 0 Å². The van der Waals surface area contributed by atoms with Crippen molar-refractivity contribution < 1.29 is 51.4 Å². The van der Waals surface area contributed by atoms with Gasteiger partial charge in [0.2, 0.25) is 6.29 Å². The molecule has 2 heterocycles. The van der Waals surface area contributed by atoms with Gasteiger partial charge in [0, 0.05) is 12.1 Å². The van der Waals surface area contributed by atoms with Gasteiger partial charge in [0.15, 0.2) is 6.29 Å². The fourth-order valence-electron chi connectivity index (χ4n) is 6.19. The van der Waals surface area contributed by atoms with Crippen molar-refractivity contribution in [3.8, 4) is 0 Å². The van der Waals surface area contributed by atoms with Gasteiger partial charge in [0.05, 0.1) is 31.8 Å². The number of aliphatic hydroxyl groups excluding tert-OH is 2. The van der Waals surface area contributed by atoms with Crippen molar-refractivity contribution in [2.24, 2.45) is 22.9 Å². The molecule has 17 heteroatoms. The van der Waals surface area contributed by atoms with E-state index in [9.17, 15) is 23.7 Å². The van der Waals surface area contributed by atoms with E-state index in [1.807, 2.05) is 0 Å². The molecule has 1 saturated heterocycles. The number of aliphatic hydroxyl groups is 3. The zero-order valence-electron chi connectivity index (χ0n) is 28.8. The minimum atomic E-state index is -4.23. The van der Waals surface area contributed by atoms with Gasteiger partial charge in [-0.05, 0) is 39.3 Å². The van der Waals surface area contributed by atoms with E-state index in [0.717, 1.165) is 12.8 Å². The zero-order chi connectivity index (χ0) is 35.9. The molecule has 13 N–H and O–H groups in total. The smallest absolute Gasteiger partial charge is 0.397 e. The van der Waals surface area contributed by atoms with Crippen LogP contribution in [0.1, 0.15) is 90.9 Å². The third kappa shape index (κ3) is 14.3. The molecule has 48 heavy (non-hydrogen) atoms. The summed E-state index contributed by atoms with van der Waals surface area (Å²) < 4.78 is 56.1. The number of nitrogens with one attached hydrogen (secondary N) is 1. The summed E-state index contributed by atoms with van der Waals surface area (Å²) in [5.41, 5.74) is 22.9. The maximum atomic E-state index is 11.0. The first-order valence-electron chi connectivity index (χ1n) is 17.3. The van der Waals surface area contributed by atoms with E-state index < -0.39 is 77.2 Å². The lowest BCUT2D eigenvalue weighted by molar-refractivity contribution is -0.303. The Labute approximate surface area is 286 Å². The summed E-state index contributed by atoms with van der Waals surface area (Å²) in [6.07, 6.45) is 8.29. The first-order valence-corrected chi connectivity index (χ1v) is 18.6. The predicted molar refractivity (Wildman–Crippen MR) is 179 cm³/mol. The Balaban J connectivity index is 0.000000401. The lowest BCUT2D eigenvalue weighted by Crippen LogP contribution is -2.68. The van der Waals surface area contributed by atoms with Gasteiger partial charge in [-0.25, -0.2) is 4.18 Å². The van der Waals surface area contributed by atoms with Gasteiger partial charge in [0.1, 0.15) is 35.8 Å². The van der Waals surface area contributed by atoms with Crippen molar-refractivity contribution in [3.63, 3.8) is 0 Å². The average molecular weight is 714 g/mol. The highest BCUT2D eigenvalue weighted by molar-refractivity contribution is 7.80. The molecule has 0 aromatic rings. The molecule has 11 atom stereocenters. The third-order valence-electron chi connectivity index (χ3n) is 8.95. The summed E-state index contributed by atoms with van der Waals surface area (Å²) in [7, 11) is -2.62. The Bertz CT molecular complexity index is 1040. The molecule has 3 aliphatic rings. The fourth-order valence-corrected chi connectivity index (χ4v) is 6.52. The molecule has 0 radical (unpaired) electrons. The summed E-state index contributed by atoms with van der Waals surface area (Å²) in [4.78, 5) is 0. The van der Waals surface area contributed by atoms with Crippen molar-refractivity contribution >= 4 is 10.4 Å². The molecule has 0 aromatic carbocycles. The molecule has 284 valence electrons. The Kier molecular flexibility index (Phi) is 19.2. The lowest BCUT2D eigenvalue weighted by Gasteiger charge is -2.48. The molecule has 3 rings (SSSR count). The van der Waals surface area contributed by atoms with Crippen LogP contribution in [0.15, 0.2) is 11.8 Å². The second kappa shape index (κ2) is 21.4.